The lowest BCUT2D eigenvalue weighted by atomic mass is 10.1. The van der Waals surface area contributed by atoms with Crippen molar-refractivity contribution in [3.8, 4) is 5.75 Å². The molecule has 0 saturated heterocycles. The first-order valence-corrected chi connectivity index (χ1v) is 10.0. The molecule has 0 fully saturated rings. The van der Waals surface area contributed by atoms with Crippen molar-refractivity contribution in [1.29, 1.82) is 0 Å². The van der Waals surface area contributed by atoms with E-state index < -0.39 is 30.2 Å². The van der Waals surface area contributed by atoms with E-state index >= 15 is 0 Å². The first kappa shape index (κ1) is 17.8. The third-order valence-electron chi connectivity index (χ3n) is 4.57. The van der Waals surface area contributed by atoms with Gasteiger partial charge in [-0.3, -0.25) is 14.6 Å². The van der Waals surface area contributed by atoms with Gasteiger partial charge in [0.2, 0.25) is 0 Å². The number of thioether (sulfide) groups is 1. The summed E-state index contributed by atoms with van der Waals surface area (Å²) in [7, 11) is 1.55. The van der Waals surface area contributed by atoms with Gasteiger partial charge in [-0.05, 0) is 29.8 Å². The minimum absolute atomic E-state index is 0.145. The topological polar surface area (TPSA) is 88.5 Å². The molecule has 9 heteroatoms. The Hall–Kier alpha value is -3.07. The Morgan fingerprint density at radius 2 is 2.00 bits per heavy atom. The lowest BCUT2D eigenvalue weighted by Crippen LogP contribution is -2.45. The van der Waals surface area contributed by atoms with E-state index in [0.717, 1.165) is 10.5 Å². The van der Waals surface area contributed by atoms with Crippen molar-refractivity contribution in [3.05, 3.63) is 59.0 Å². The van der Waals surface area contributed by atoms with E-state index in [9.17, 15) is 14.5 Å². The average Bonchev–Trinajstić information content (AvgIpc) is 2.88. The molecular weight excluding hydrogens is 406 g/mol. The first-order chi connectivity index (χ1) is 15.7. The summed E-state index contributed by atoms with van der Waals surface area (Å²) >= 11 is 1.36. The van der Waals surface area contributed by atoms with Crippen molar-refractivity contribution in [3.63, 3.8) is 0 Å². The predicted molar refractivity (Wildman–Crippen MR) is 114 cm³/mol. The highest BCUT2D eigenvalue weighted by Crippen LogP contribution is 2.46. The number of amides is 1. The summed E-state index contributed by atoms with van der Waals surface area (Å²) in [6.45, 7) is -2.00. The van der Waals surface area contributed by atoms with Crippen LogP contribution in [0.25, 0.3) is 0 Å². The highest BCUT2D eigenvalue weighted by Gasteiger charge is 2.40. The van der Waals surface area contributed by atoms with Crippen LogP contribution in [0.2, 0.25) is 0 Å². The van der Waals surface area contributed by atoms with Crippen LogP contribution in [0.1, 0.15) is 21.8 Å². The molecule has 1 aliphatic rings. The maximum absolute atomic E-state index is 13.6. The second-order valence-electron chi connectivity index (χ2n) is 6.50. The largest absolute Gasteiger partial charge is 0.497 e. The van der Waals surface area contributed by atoms with Crippen molar-refractivity contribution in [2.24, 2.45) is 5.29 Å². The van der Waals surface area contributed by atoms with Gasteiger partial charge in [-0.2, -0.15) is 0 Å². The van der Waals surface area contributed by atoms with Gasteiger partial charge < -0.3 is 14.4 Å². The number of para-hydroxylation sites is 1. The number of methoxy groups -OCH3 is 1. The van der Waals surface area contributed by atoms with E-state index in [1.807, 2.05) is 12.1 Å². The van der Waals surface area contributed by atoms with Crippen molar-refractivity contribution in [2.45, 2.75) is 23.2 Å². The Labute approximate surface area is 183 Å². The number of likely N-dealkylation sites (N-methyl/N-ethyl adjacent to an activating group) is 1. The lowest BCUT2D eigenvalue weighted by molar-refractivity contribution is -0.152. The summed E-state index contributed by atoms with van der Waals surface area (Å²) in [5.41, 5.74) is 1.27. The fourth-order valence-electron chi connectivity index (χ4n) is 3.17. The number of carbonyl (C=O) groups excluding carboxylic acids is 2. The number of esters is 1. The monoisotopic (exact) mass is 432 g/mol. The van der Waals surface area contributed by atoms with Crippen molar-refractivity contribution in [1.82, 2.24) is 5.01 Å². The Morgan fingerprint density at radius 1 is 1.27 bits per heavy atom. The average molecular weight is 433 g/mol. The van der Waals surface area contributed by atoms with Crippen LogP contribution in [0.4, 0.5) is 5.69 Å². The van der Waals surface area contributed by atoms with Gasteiger partial charge in [0.15, 0.2) is 6.10 Å². The smallest absolute Gasteiger partial charge is 0.303 e. The fraction of sp³-hybridized carbons (Fsp3) is 0.333. The van der Waals surface area contributed by atoms with Crippen LogP contribution < -0.4 is 9.64 Å². The molecule has 2 aromatic carbocycles. The van der Waals surface area contributed by atoms with Crippen LogP contribution >= 0.6 is 11.8 Å². The summed E-state index contributed by atoms with van der Waals surface area (Å²) < 4.78 is 33.0. The van der Waals surface area contributed by atoms with E-state index in [0.29, 0.717) is 16.4 Å². The van der Waals surface area contributed by atoms with Gasteiger partial charge in [0, 0.05) is 29.5 Å². The number of benzene rings is 2. The SMILES string of the molecule is [2H]C([2H])([2H])N(CCN1C(=O)[C@H](OC(C)=O)[C@H](c2ccc(OC)cc2)Sc2ccccc21)N=O. The molecule has 0 N–H and O–H groups in total. The summed E-state index contributed by atoms with van der Waals surface area (Å²) in [5.74, 6) is -0.516. The quantitative estimate of drug-likeness (QED) is 0.376. The van der Waals surface area contributed by atoms with Crippen molar-refractivity contribution < 1.29 is 23.2 Å². The van der Waals surface area contributed by atoms with E-state index in [1.54, 1.807) is 43.5 Å². The Balaban J connectivity index is 2.02. The van der Waals surface area contributed by atoms with Gasteiger partial charge >= 0.3 is 5.97 Å². The van der Waals surface area contributed by atoms with E-state index in [1.165, 1.54) is 23.6 Å². The highest BCUT2D eigenvalue weighted by atomic mass is 32.2. The molecule has 0 aromatic heterocycles. The normalized spacial score (nSPS) is 20.1. The van der Waals surface area contributed by atoms with E-state index in [-0.39, 0.29) is 13.1 Å². The second-order valence-corrected chi connectivity index (χ2v) is 7.69. The van der Waals surface area contributed by atoms with Crippen LogP contribution in [0.15, 0.2) is 58.7 Å². The molecule has 158 valence electrons. The number of rotatable bonds is 7. The van der Waals surface area contributed by atoms with Gasteiger partial charge in [0.05, 0.1) is 29.9 Å². The van der Waals surface area contributed by atoms with Crippen LogP contribution in [0.3, 0.4) is 0 Å². The molecule has 0 radical (unpaired) electrons. The minimum Gasteiger partial charge on any atom is -0.497 e. The zero-order chi connectivity index (χ0) is 24.2. The van der Waals surface area contributed by atoms with Gasteiger partial charge in [0.25, 0.3) is 5.91 Å². The number of nitrogens with zero attached hydrogens (tertiary/aromatic N) is 3. The van der Waals surface area contributed by atoms with Gasteiger partial charge in [-0.1, -0.05) is 24.3 Å². The number of hydrogen-bond acceptors (Lipinski definition) is 7. The van der Waals surface area contributed by atoms with Gasteiger partial charge in [-0.15, -0.1) is 16.7 Å². The van der Waals surface area contributed by atoms with Crippen molar-refractivity contribution >= 4 is 29.3 Å². The third-order valence-corrected chi connectivity index (χ3v) is 5.94. The molecule has 0 aliphatic carbocycles. The number of hydrogen-bond donors (Lipinski definition) is 0. The zero-order valence-corrected chi connectivity index (χ0v) is 17.3. The first-order valence-electron chi connectivity index (χ1n) is 10.6. The van der Waals surface area contributed by atoms with E-state index in [2.05, 4.69) is 5.29 Å². The molecule has 2 aromatic rings. The predicted octanol–water partition coefficient (Wildman–Crippen LogP) is 3.42. The zero-order valence-electron chi connectivity index (χ0n) is 19.5. The molecule has 3 rings (SSSR count). The van der Waals surface area contributed by atoms with Crippen LogP contribution in [-0.2, 0) is 14.3 Å². The number of carbonyl (C=O) groups is 2. The summed E-state index contributed by atoms with van der Waals surface area (Å²) in [5, 5.41) is 2.41. The molecule has 0 bridgehead atoms. The summed E-state index contributed by atoms with van der Waals surface area (Å²) in [6.07, 6.45) is -1.18. The standard InChI is InChI=1S/C21H23N3O5S/c1-14(25)29-19-20(15-8-10-16(28-3)11-9-15)30-18-7-5-4-6-17(18)24(21(19)26)13-12-23(2)22-27/h4-11,19-20H,12-13H2,1-3H3/t19-,20+/m1/s1/i2D3. The van der Waals surface area contributed by atoms with Crippen LogP contribution in [0.5, 0.6) is 5.75 Å². The Morgan fingerprint density at radius 3 is 2.63 bits per heavy atom. The van der Waals surface area contributed by atoms with Gasteiger partial charge in [-0.25, -0.2) is 0 Å². The maximum atomic E-state index is 13.6. The Kier molecular flexibility index (Phi) is 5.69. The van der Waals surface area contributed by atoms with Crippen LogP contribution in [0, 0.1) is 4.91 Å². The van der Waals surface area contributed by atoms with Crippen LogP contribution in [-0.4, -0.2) is 50.2 Å². The highest BCUT2D eigenvalue weighted by molar-refractivity contribution is 7.99. The maximum Gasteiger partial charge on any atom is 0.303 e. The molecule has 1 heterocycles. The Bertz CT molecular complexity index is 1020. The molecule has 0 spiro atoms. The number of ether oxygens (including phenoxy) is 2. The minimum atomic E-state index is -2.74. The molecule has 1 amide bonds. The molecule has 1 aliphatic heterocycles. The van der Waals surface area contributed by atoms with Crippen molar-refractivity contribution in [2.75, 3.05) is 32.1 Å². The second kappa shape index (κ2) is 9.62. The molecule has 2 atom stereocenters. The number of nitroso groups, excluding NO2 is 1. The molecular formula is C21H23N3O5S. The third kappa shape index (κ3) is 4.73. The molecule has 0 saturated carbocycles. The fourth-order valence-corrected chi connectivity index (χ4v) is 4.49. The van der Waals surface area contributed by atoms with Gasteiger partial charge in [0.1, 0.15) is 5.75 Å². The number of anilines is 1. The lowest BCUT2D eigenvalue weighted by Gasteiger charge is -2.28. The summed E-state index contributed by atoms with van der Waals surface area (Å²) in [6, 6.07) is 14.2. The molecule has 8 nitrogen and oxygen atoms in total. The molecule has 0 unspecified atom stereocenters. The molecule has 30 heavy (non-hydrogen) atoms. The number of fused-ring (bicyclic) bond motifs is 1. The van der Waals surface area contributed by atoms with E-state index in [4.69, 9.17) is 13.6 Å². The summed E-state index contributed by atoms with van der Waals surface area (Å²) in [4.78, 5) is 38.7.